The van der Waals surface area contributed by atoms with Crippen LogP contribution >= 0.6 is 0 Å². The lowest BCUT2D eigenvalue weighted by atomic mass is 9.92. The zero-order valence-corrected chi connectivity index (χ0v) is 18.5. The van der Waals surface area contributed by atoms with Crippen molar-refractivity contribution < 1.29 is 90.1 Å². The van der Waals surface area contributed by atoms with E-state index in [1.54, 1.807) is 0 Å². The molecule has 3 aliphatic heterocycles. The third-order valence-corrected chi connectivity index (χ3v) is 6.37. The lowest BCUT2D eigenvalue weighted by Gasteiger charge is -2.52. The van der Waals surface area contributed by atoms with Gasteiger partial charge in [0, 0.05) is 0 Å². The highest BCUT2D eigenvalue weighted by molar-refractivity contribution is 5.01. The Morgan fingerprint density at radius 2 is 1.08 bits per heavy atom. The molecular weight excluding hydrogens is 504 g/mol. The largest absolute Gasteiger partial charge is 0.394 e. The summed E-state index contributed by atoms with van der Waals surface area (Å²) in [5.41, 5.74) is 0. The van der Waals surface area contributed by atoms with Crippen molar-refractivity contribution in [2.75, 3.05) is 19.8 Å². The first-order chi connectivity index (χ1) is 16.8. The van der Waals surface area contributed by atoms with Gasteiger partial charge in [0.15, 0.2) is 25.0 Å². The molecule has 0 aromatic heterocycles. The summed E-state index contributed by atoms with van der Waals surface area (Å²) < 4.78 is 25.2. The average molecular weight is 536 g/mol. The number of hydrogen-bond donors (Lipinski definition) is 13. The lowest BCUT2D eigenvalue weighted by molar-refractivity contribution is -0.475. The minimum absolute atomic E-state index is 0.885. The van der Waals surface area contributed by atoms with Gasteiger partial charge in [-0.3, -0.25) is 0 Å². The molecule has 3 rings (SSSR count). The highest BCUT2D eigenvalue weighted by Gasteiger charge is 2.63. The van der Waals surface area contributed by atoms with Crippen LogP contribution in [0.2, 0.25) is 0 Å². The van der Waals surface area contributed by atoms with Crippen LogP contribution in [0.15, 0.2) is 0 Å². The Morgan fingerprint density at radius 3 is 1.64 bits per heavy atom. The van der Waals surface area contributed by atoms with Crippen LogP contribution < -0.4 is 0 Å². The van der Waals surface area contributed by atoms with E-state index in [-0.39, 0.29) is 0 Å². The highest BCUT2D eigenvalue weighted by Crippen LogP contribution is 2.39. The molecule has 13 N–H and O–H groups in total. The second kappa shape index (κ2) is 11.2. The van der Waals surface area contributed by atoms with E-state index in [2.05, 4.69) is 0 Å². The molecule has 0 saturated carbocycles. The van der Waals surface area contributed by atoms with Crippen molar-refractivity contribution in [3.63, 3.8) is 0 Å². The van der Waals surface area contributed by atoms with Crippen molar-refractivity contribution in [2.24, 2.45) is 0 Å². The van der Waals surface area contributed by atoms with E-state index in [4.69, 9.17) is 23.7 Å². The first-order valence-corrected chi connectivity index (χ1v) is 10.8. The Labute approximate surface area is 202 Å². The number of hydrogen-bond acceptors (Lipinski definition) is 18. The number of aliphatic hydroxyl groups is 13. The lowest BCUT2D eigenvalue weighted by Crippen LogP contribution is -2.74. The summed E-state index contributed by atoms with van der Waals surface area (Å²) in [6, 6.07) is 0. The fourth-order valence-electron chi connectivity index (χ4n) is 4.13. The van der Waals surface area contributed by atoms with Gasteiger partial charge in [0.25, 0.3) is 0 Å². The molecule has 3 saturated heterocycles. The zero-order chi connectivity index (χ0) is 27.2. The maximum Gasteiger partial charge on any atom is 0.229 e. The standard InChI is InChI=1S/C18H32O18/c19-1-4-7(22)8(23)9(24)15(32-4)35-18(31)11(26)5(2-20)33-16(13(18)28)36-17(30)6(3-21)34-14(29)10(25)12(17)27/h4-16,19-31H,1-3H2/t4-,5+,6-,7+,8+,9-,10-,11-,12-,13-,14-,15-,16+,17+,18+/m1/s1. The molecule has 3 fully saturated rings. The van der Waals surface area contributed by atoms with E-state index < -0.39 is 111 Å². The molecule has 18 nitrogen and oxygen atoms in total. The predicted octanol–water partition coefficient (Wildman–Crippen LogP) is -8.93. The molecule has 212 valence electrons. The monoisotopic (exact) mass is 536 g/mol. The van der Waals surface area contributed by atoms with Crippen LogP contribution in [0, 0.1) is 0 Å². The normalized spacial score (nSPS) is 54.4. The summed E-state index contributed by atoms with van der Waals surface area (Å²) >= 11 is 0. The van der Waals surface area contributed by atoms with Gasteiger partial charge >= 0.3 is 0 Å². The van der Waals surface area contributed by atoms with Crippen LogP contribution in [-0.2, 0) is 23.7 Å². The molecule has 0 aromatic carbocycles. The molecule has 0 amide bonds. The molecule has 0 spiro atoms. The van der Waals surface area contributed by atoms with Gasteiger partial charge in [-0.1, -0.05) is 0 Å². The van der Waals surface area contributed by atoms with Crippen LogP contribution in [0.1, 0.15) is 0 Å². The van der Waals surface area contributed by atoms with Crippen molar-refractivity contribution in [3.8, 4) is 0 Å². The van der Waals surface area contributed by atoms with Crippen molar-refractivity contribution in [2.45, 2.75) is 91.5 Å². The van der Waals surface area contributed by atoms with Crippen LogP contribution in [-0.4, -0.2) is 178 Å². The van der Waals surface area contributed by atoms with Crippen LogP contribution in [0.25, 0.3) is 0 Å². The first-order valence-electron chi connectivity index (χ1n) is 10.8. The predicted molar refractivity (Wildman–Crippen MR) is 104 cm³/mol. The van der Waals surface area contributed by atoms with E-state index in [0.717, 1.165) is 0 Å². The van der Waals surface area contributed by atoms with Crippen LogP contribution in [0.5, 0.6) is 0 Å². The smallest absolute Gasteiger partial charge is 0.229 e. The van der Waals surface area contributed by atoms with Crippen LogP contribution in [0.3, 0.4) is 0 Å². The van der Waals surface area contributed by atoms with Crippen molar-refractivity contribution in [1.29, 1.82) is 0 Å². The summed E-state index contributed by atoms with van der Waals surface area (Å²) in [7, 11) is 0. The minimum atomic E-state index is -3.28. The molecule has 18 heteroatoms. The minimum Gasteiger partial charge on any atom is -0.394 e. The van der Waals surface area contributed by atoms with E-state index >= 15 is 0 Å². The fraction of sp³-hybridized carbons (Fsp3) is 1.00. The van der Waals surface area contributed by atoms with Crippen molar-refractivity contribution in [3.05, 3.63) is 0 Å². The van der Waals surface area contributed by atoms with E-state index in [1.807, 2.05) is 0 Å². The Balaban J connectivity index is 1.90. The Morgan fingerprint density at radius 1 is 0.528 bits per heavy atom. The average Bonchev–Trinajstić information content (AvgIpc) is 2.86. The second-order valence-electron chi connectivity index (χ2n) is 8.69. The SMILES string of the molecule is OC[C@@H]1O[C@@H](O[C@]2(O)[C@H](O)[C@@H](O)[C@H](O)O[C@@H]2CO)[C@@H](O)[C@@](O)(O[C@H]2O[C@H](CO)[C@H](O)[C@H](O)[C@H]2O)[C@@H]1O. The third-order valence-electron chi connectivity index (χ3n) is 6.37. The summed E-state index contributed by atoms with van der Waals surface area (Å²) in [5, 5.41) is 131. The Kier molecular flexibility index (Phi) is 9.26. The van der Waals surface area contributed by atoms with Gasteiger partial charge in [0.1, 0.15) is 54.9 Å². The molecule has 0 radical (unpaired) electrons. The summed E-state index contributed by atoms with van der Waals surface area (Å²) in [4.78, 5) is 0. The topological polar surface area (TPSA) is 309 Å². The third kappa shape index (κ3) is 5.00. The van der Waals surface area contributed by atoms with Gasteiger partial charge in [-0.25, -0.2) is 0 Å². The van der Waals surface area contributed by atoms with Crippen molar-refractivity contribution in [1.82, 2.24) is 0 Å². The number of aliphatic hydroxyl groups excluding tert-OH is 11. The molecule has 15 atom stereocenters. The molecule has 0 aliphatic carbocycles. The summed E-state index contributed by atoms with van der Waals surface area (Å²) in [6.07, 6.45) is -27.2. The quantitative estimate of drug-likeness (QED) is 0.134. The van der Waals surface area contributed by atoms with Gasteiger partial charge in [-0.2, -0.15) is 0 Å². The van der Waals surface area contributed by atoms with E-state index in [9.17, 15) is 66.4 Å². The molecule has 0 bridgehead atoms. The molecule has 0 aromatic rings. The van der Waals surface area contributed by atoms with Gasteiger partial charge < -0.3 is 90.1 Å². The molecule has 36 heavy (non-hydrogen) atoms. The van der Waals surface area contributed by atoms with Crippen molar-refractivity contribution >= 4 is 0 Å². The zero-order valence-electron chi connectivity index (χ0n) is 18.5. The van der Waals surface area contributed by atoms with E-state index in [0.29, 0.717) is 0 Å². The van der Waals surface area contributed by atoms with Gasteiger partial charge in [-0.15, -0.1) is 0 Å². The Hall–Kier alpha value is -0.720. The summed E-state index contributed by atoms with van der Waals surface area (Å²) in [6.45, 7) is -3.07. The van der Waals surface area contributed by atoms with Gasteiger partial charge in [0.2, 0.25) is 11.6 Å². The van der Waals surface area contributed by atoms with Gasteiger partial charge in [0.05, 0.1) is 19.8 Å². The molecule has 3 heterocycles. The maximum absolute atomic E-state index is 11.1. The Bertz CT molecular complexity index is 724. The summed E-state index contributed by atoms with van der Waals surface area (Å²) in [5.74, 6) is -6.40. The first kappa shape index (κ1) is 29.8. The van der Waals surface area contributed by atoms with Gasteiger partial charge in [-0.05, 0) is 0 Å². The fourth-order valence-corrected chi connectivity index (χ4v) is 4.13. The number of ether oxygens (including phenoxy) is 5. The maximum atomic E-state index is 11.1. The van der Waals surface area contributed by atoms with Crippen LogP contribution in [0.4, 0.5) is 0 Å². The second-order valence-corrected chi connectivity index (χ2v) is 8.69. The number of rotatable bonds is 7. The molecular formula is C18H32O18. The van der Waals surface area contributed by atoms with E-state index in [1.165, 1.54) is 0 Å². The highest BCUT2D eigenvalue weighted by atomic mass is 16.8. The molecule has 0 unspecified atom stereocenters. The molecule has 3 aliphatic rings.